The summed E-state index contributed by atoms with van der Waals surface area (Å²) < 4.78 is 0. The number of aromatic amines is 1. The molecule has 1 aliphatic carbocycles. The second kappa shape index (κ2) is 9.70. The monoisotopic (exact) mass is 423 g/mol. The molecule has 3 fully saturated rings. The van der Waals surface area contributed by atoms with Crippen molar-refractivity contribution in [1.29, 1.82) is 0 Å². The van der Waals surface area contributed by atoms with Gasteiger partial charge in [-0.15, -0.1) is 0 Å². The number of carbonyl (C=O) groups excluding carboxylic acids is 1. The third-order valence-corrected chi connectivity index (χ3v) is 7.89. The van der Waals surface area contributed by atoms with E-state index in [9.17, 15) is 4.79 Å². The highest BCUT2D eigenvalue weighted by Gasteiger charge is 2.32. The topological polar surface area (TPSA) is 55.5 Å². The number of aromatic nitrogens is 2. The van der Waals surface area contributed by atoms with Crippen LogP contribution in [0.4, 0.5) is 0 Å². The molecule has 6 heteroatoms. The molecule has 3 aliphatic rings. The van der Waals surface area contributed by atoms with E-state index in [-0.39, 0.29) is 5.92 Å². The lowest BCUT2D eigenvalue weighted by atomic mass is 9.93. The number of amides is 1. The summed E-state index contributed by atoms with van der Waals surface area (Å²) in [6.45, 7) is 7.17. The molecule has 2 aromatic heterocycles. The Hall–Kier alpha value is -1.92. The van der Waals surface area contributed by atoms with Crippen LogP contribution in [-0.2, 0) is 11.2 Å². The third kappa shape index (κ3) is 4.80. The van der Waals surface area contributed by atoms with Gasteiger partial charge >= 0.3 is 0 Å². The number of H-pyrrole nitrogens is 1. The van der Waals surface area contributed by atoms with Crippen LogP contribution in [0.1, 0.15) is 50.5 Å². The van der Waals surface area contributed by atoms with Crippen molar-refractivity contribution in [2.75, 3.05) is 45.8 Å². The smallest absolute Gasteiger partial charge is 0.225 e. The molecule has 0 radical (unpaired) electrons. The summed E-state index contributed by atoms with van der Waals surface area (Å²) in [5.41, 5.74) is 2.32. The lowest BCUT2D eigenvalue weighted by Crippen LogP contribution is -2.54. The maximum atomic E-state index is 13.1. The van der Waals surface area contributed by atoms with Gasteiger partial charge < -0.3 is 14.8 Å². The van der Waals surface area contributed by atoms with Crippen LogP contribution in [-0.4, -0.2) is 82.4 Å². The molecule has 5 rings (SSSR count). The maximum absolute atomic E-state index is 13.1. The van der Waals surface area contributed by atoms with Gasteiger partial charge in [0.2, 0.25) is 5.91 Å². The number of rotatable bonds is 5. The maximum Gasteiger partial charge on any atom is 0.225 e. The molecule has 31 heavy (non-hydrogen) atoms. The molecule has 2 saturated heterocycles. The minimum atomic E-state index is 0.231. The van der Waals surface area contributed by atoms with Crippen molar-refractivity contribution in [2.45, 2.75) is 57.4 Å². The molecule has 1 amide bonds. The Morgan fingerprint density at radius 3 is 2.55 bits per heavy atom. The summed E-state index contributed by atoms with van der Waals surface area (Å²) in [4.78, 5) is 28.1. The van der Waals surface area contributed by atoms with Crippen LogP contribution < -0.4 is 0 Å². The zero-order valence-corrected chi connectivity index (χ0v) is 18.8. The van der Waals surface area contributed by atoms with Gasteiger partial charge in [0.25, 0.3) is 0 Å². The summed E-state index contributed by atoms with van der Waals surface area (Å²) >= 11 is 0. The van der Waals surface area contributed by atoms with Gasteiger partial charge in [0.05, 0.1) is 0 Å². The van der Waals surface area contributed by atoms with Crippen LogP contribution in [0, 0.1) is 5.92 Å². The normalized spacial score (nSPS) is 22.9. The molecular formula is C25H37N5O. The number of hydrogen-bond acceptors (Lipinski definition) is 4. The minimum absolute atomic E-state index is 0.231. The van der Waals surface area contributed by atoms with E-state index in [1.807, 2.05) is 12.3 Å². The van der Waals surface area contributed by atoms with Gasteiger partial charge in [0.15, 0.2) is 0 Å². The molecule has 1 N–H and O–H groups in total. The fourth-order valence-electron chi connectivity index (χ4n) is 5.91. The Labute approximate surface area is 186 Å². The lowest BCUT2D eigenvalue weighted by molar-refractivity contribution is -0.139. The third-order valence-electron chi connectivity index (χ3n) is 7.89. The predicted octanol–water partition coefficient (Wildman–Crippen LogP) is 3.29. The highest BCUT2D eigenvalue weighted by atomic mass is 16.2. The van der Waals surface area contributed by atoms with Crippen LogP contribution in [0.5, 0.6) is 0 Å². The zero-order valence-electron chi connectivity index (χ0n) is 18.8. The number of pyridine rings is 1. The Balaban J connectivity index is 1.05. The molecule has 0 aromatic carbocycles. The lowest BCUT2D eigenvalue weighted by Gasteiger charge is -2.42. The summed E-state index contributed by atoms with van der Waals surface area (Å²) in [6.07, 6.45) is 13.9. The molecule has 2 aromatic rings. The summed E-state index contributed by atoms with van der Waals surface area (Å²) in [5, 5.41) is 1.24. The van der Waals surface area contributed by atoms with Crippen LogP contribution >= 0.6 is 0 Å². The van der Waals surface area contributed by atoms with Crippen molar-refractivity contribution in [1.82, 2.24) is 24.7 Å². The summed E-state index contributed by atoms with van der Waals surface area (Å²) in [5.74, 6) is 0.653. The number of carbonyl (C=O) groups is 1. The number of fused-ring (bicyclic) bond motifs is 1. The number of nitrogens with one attached hydrogen (secondary N) is 1. The van der Waals surface area contributed by atoms with Crippen molar-refractivity contribution in [2.24, 2.45) is 5.92 Å². The Bertz CT molecular complexity index is 858. The van der Waals surface area contributed by atoms with Gasteiger partial charge in [-0.25, -0.2) is 4.98 Å². The summed E-state index contributed by atoms with van der Waals surface area (Å²) in [6, 6.07) is 4.93. The SMILES string of the molecule is O=C(C1CCN(CCc2c[nH]c3ncccc23)CC1)N1CCN(C2CCCCC2)CC1. The second-order valence-electron chi connectivity index (χ2n) is 9.73. The van der Waals surface area contributed by atoms with Gasteiger partial charge in [0.1, 0.15) is 5.65 Å². The van der Waals surface area contributed by atoms with E-state index in [2.05, 4.69) is 36.9 Å². The first kappa shape index (κ1) is 21.0. The van der Waals surface area contributed by atoms with E-state index >= 15 is 0 Å². The molecule has 0 bridgehead atoms. The zero-order chi connectivity index (χ0) is 21.0. The average Bonchev–Trinajstić information content (AvgIpc) is 3.26. The van der Waals surface area contributed by atoms with E-state index in [0.29, 0.717) is 5.91 Å². The van der Waals surface area contributed by atoms with Crippen molar-refractivity contribution >= 4 is 16.9 Å². The molecule has 168 valence electrons. The van der Waals surface area contributed by atoms with Crippen molar-refractivity contribution in [3.8, 4) is 0 Å². The fourth-order valence-corrected chi connectivity index (χ4v) is 5.91. The van der Waals surface area contributed by atoms with Crippen molar-refractivity contribution < 1.29 is 4.79 Å². The van der Waals surface area contributed by atoms with Crippen LogP contribution in [0.3, 0.4) is 0 Å². The van der Waals surface area contributed by atoms with Crippen LogP contribution in [0.2, 0.25) is 0 Å². The first-order valence-electron chi connectivity index (χ1n) is 12.4. The van der Waals surface area contributed by atoms with E-state index in [1.54, 1.807) is 0 Å². The molecule has 0 atom stereocenters. The highest BCUT2D eigenvalue weighted by Crippen LogP contribution is 2.25. The van der Waals surface area contributed by atoms with E-state index in [0.717, 1.165) is 76.8 Å². The second-order valence-corrected chi connectivity index (χ2v) is 9.73. The fraction of sp³-hybridized carbons (Fsp3) is 0.680. The molecule has 0 spiro atoms. The van der Waals surface area contributed by atoms with Gasteiger partial charge in [-0.1, -0.05) is 19.3 Å². The molecule has 1 saturated carbocycles. The Morgan fingerprint density at radius 2 is 1.77 bits per heavy atom. The van der Waals surface area contributed by atoms with E-state index < -0.39 is 0 Å². The van der Waals surface area contributed by atoms with Gasteiger partial charge in [0, 0.05) is 62.5 Å². The number of likely N-dealkylation sites (tertiary alicyclic amines) is 1. The molecule has 0 unspecified atom stereocenters. The Kier molecular flexibility index (Phi) is 6.55. The number of piperidine rings is 1. The predicted molar refractivity (Wildman–Crippen MR) is 124 cm³/mol. The van der Waals surface area contributed by atoms with Crippen molar-refractivity contribution in [3.05, 3.63) is 30.1 Å². The number of nitrogens with zero attached hydrogens (tertiary/aromatic N) is 4. The quantitative estimate of drug-likeness (QED) is 0.802. The molecule has 2 aliphatic heterocycles. The van der Waals surface area contributed by atoms with E-state index in [4.69, 9.17) is 0 Å². The molecule has 6 nitrogen and oxygen atoms in total. The first-order valence-corrected chi connectivity index (χ1v) is 12.4. The van der Waals surface area contributed by atoms with Crippen LogP contribution in [0.25, 0.3) is 11.0 Å². The van der Waals surface area contributed by atoms with E-state index in [1.165, 1.54) is 43.1 Å². The van der Waals surface area contributed by atoms with Gasteiger partial charge in [-0.05, 0) is 62.9 Å². The van der Waals surface area contributed by atoms with Crippen LogP contribution in [0.15, 0.2) is 24.5 Å². The summed E-state index contributed by atoms with van der Waals surface area (Å²) in [7, 11) is 0. The minimum Gasteiger partial charge on any atom is -0.346 e. The first-order chi connectivity index (χ1) is 15.3. The number of hydrogen-bond donors (Lipinski definition) is 1. The molecular weight excluding hydrogens is 386 g/mol. The largest absolute Gasteiger partial charge is 0.346 e. The standard InChI is InChI=1S/C25H37N5O/c31-25(30-17-15-29(16-18-30)22-5-2-1-3-6-22)20-8-12-28(13-9-20)14-10-21-19-27-24-23(21)7-4-11-26-24/h4,7,11,19-20,22H,1-3,5-6,8-10,12-18H2,(H,26,27). The Morgan fingerprint density at radius 1 is 1.00 bits per heavy atom. The molecule has 4 heterocycles. The van der Waals surface area contributed by atoms with Crippen molar-refractivity contribution in [3.63, 3.8) is 0 Å². The highest BCUT2D eigenvalue weighted by molar-refractivity contribution is 5.79. The van der Waals surface area contributed by atoms with Gasteiger partial charge in [-0.2, -0.15) is 0 Å². The van der Waals surface area contributed by atoms with Gasteiger partial charge in [-0.3, -0.25) is 9.69 Å². The number of piperazine rings is 1. The average molecular weight is 424 g/mol.